The molecule has 1 aromatic heterocycles. The van der Waals surface area contributed by atoms with Crippen molar-refractivity contribution in [3.8, 4) is 5.88 Å². The van der Waals surface area contributed by atoms with Crippen LogP contribution in [0.3, 0.4) is 0 Å². The van der Waals surface area contributed by atoms with Crippen LogP contribution in [-0.4, -0.2) is 77.4 Å². The second kappa shape index (κ2) is 8.59. The Bertz CT molecular complexity index is 827. The maximum Gasteiger partial charge on any atom is 0.242 e. The van der Waals surface area contributed by atoms with Crippen LogP contribution in [0.5, 0.6) is 5.88 Å². The fraction of sp³-hybridized carbons (Fsp3) is 0.619. The third-order valence-electron chi connectivity index (χ3n) is 6.11. The second-order valence-electron chi connectivity index (χ2n) is 8.41. The van der Waals surface area contributed by atoms with Crippen molar-refractivity contribution in [2.24, 2.45) is 5.92 Å². The third-order valence-corrected chi connectivity index (χ3v) is 6.11. The van der Waals surface area contributed by atoms with Gasteiger partial charge in [-0.15, -0.1) is 0 Å². The first-order chi connectivity index (χ1) is 14.5. The number of hydrogen-bond acceptors (Lipinski definition) is 6. The van der Waals surface area contributed by atoms with E-state index in [1.807, 2.05) is 17.0 Å². The highest BCUT2D eigenvalue weighted by molar-refractivity contribution is 5.86. The Morgan fingerprint density at radius 3 is 2.80 bits per heavy atom. The Labute approximate surface area is 176 Å². The van der Waals surface area contributed by atoms with Crippen molar-refractivity contribution >= 4 is 17.7 Å². The first kappa shape index (κ1) is 20.6. The zero-order valence-corrected chi connectivity index (χ0v) is 17.5. The number of carbonyl (C=O) groups excluding carboxylic acids is 3. The average molecular weight is 415 g/mol. The molecule has 2 N–H and O–H groups in total. The first-order valence-electron chi connectivity index (χ1n) is 10.5. The summed E-state index contributed by atoms with van der Waals surface area (Å²) in [7, 11) is 1.58. The van der Waals surface area contributed by atoms with Gasteiger partial charge < -0.3 is 20.3 Å². The van der Waals surface area contributed by atoms with Crippen molar-refractivity contribution in [1.29, 1.82) is 0 Å². The van der Waals surface area contributed by atoms with Crippen LogP contribution >= 0.6 is 0 Å². The lowest BCUT2D eigenvalue weighted by Crippen LogP contribution is -2.62. The minimum atomic E-state index is -0.454. The predicted molar refractivity (Wildman–Crippen MR) is 108 cm³/mol. The number of hydrogen-bond donors (Lipinski definition) is 2. The zero-order valence-electron chi connectivity index (χ0n) is 17.5. The van der Waals surface area contributed by atoms with E-state index in [2.05, 4.69) is 20.5 Å². The topological polar surface area (TPSA) is 104 Å². The number of methoxy groups -OCH3 is 1. The normalized spacial score (nSPS) is 26.3. The lowest BCUT2D eigenvalue weighted by Gasteiger charge is -2.42. The SMILES string of the molecule is COc1ncccc1CN1C[C@@H]2C[C@H](NC(C)=O)CN2C(=O)[C@@H]1CNC(=O)C1CC1. The number of rotatable bonds is 7. The van der Waals surface area contributed by atoms with E-state index >= 15 is 0 Å². The lowest BCUT2D eigenvalue weighted by molar-refractivity contribution is -0.144. The van der Waals surface area contributed by atoms with Crippen LogP contribution in [0.4, 0.5) is 0 Å². The van der Waals surface area contributed by atoms with Crippen molar-refractivity contribution in [3.05, 3.63) is 23.9 Å². The molecule has 2 saturated heterocycles. The van der Waals surface area contributed by atoms with Gasteiger partial charge in [-0.05, 0) is 25.3 Å². The summed E-state index contributed by atoms with van der Waals surface area (Å²) in [6.07, 6.45) is 4.25. The van der Waals surface area contributed by atoms with Gasteiger partial charge in [0.05, 0.1) is 7.11 Å². The van der Waals surface area contributed by atoms with Crippen LogP contribution in [0.1, 0.15) is 31.7 Å². The molecular weight excluding hydrogens is 386 g/mol. The molecule has 0 radical (unpaired) electrons. The smallest absolute Gasteiger partial charge is 0.242 e. The minimum absolute atomic E-state index is 0.00180. The maximum atomic E-state index is 13.4. The predicted octanol–water partition coefficient (Wildman–Crippen LogP) is -0.0938. The Hall–Kier alpha value is -2.68. The molecule has 3 amide bonds. The molecule has 4 rings (SSSR count). The Kier molecular flexibility index (Phi) is 5.90. The van der Waals surface area contributed by atoms with Crippen LogP contribution in [-0.2, 0) is 20.9 Å². The van der Waals surface area contributed by atoms with Gasteiger partial charge in [0, 0.05) is 62.9 Å². The summed E-state index contributed by atoms with van der Waals surface area (Å²) < 4.78 is 5.38. The van der Waals surface area contributed by atoms with Gasteiger partial charge in [-0.25, -0.2) is 4.98 Å². The Morgan fingerprint density at radius 1 is 1.30 bits per heavy atom. The van der Waals surface area contributed by atoms with Crippen molar-refractivity contribution in [3.63, 3.8) is 0 Å². The van der Waals surface area contributed by atoms with Crippen LogP contribution in [0.2, 0.25) is 0 Å². The third kappa shape index (κ3) is 4.40. The van der Waals surface area contributed by atoms with E-state index in [-0.39, 0.29) is 42.3 Å². The molecule has 3 fully saturated rings. The van der Waals surface area contributed by atoms with Gasteiger partial charge >= 0.3 is 0 Å². The molecule has 9 nitrogen and oxygen atoms in total. The molecule has 3 heterocycles. The van der Waals surface area contributed by atoms with Gasteiger partial charge in [0.2, 0.25) is 23.6 Å². The molecule has 9 heteroatoms. The van der Waals surface area contributed by atoms with E-state index in [1.54, 1.807) is 13.3 Å². The number of carbonyl (C=O) groups is 3. The summed E-state index contributed by atoms with van der Waals surface area (Å²) in [6, 6.07) is 3.34. The molecular formula is C21H29N5O4. The van der Waals surface area contributed by atoms with Gasteiger partial charge in [-0.1, -0.05) is 6.07 Å². The Morgan fingerprint density at radius 2 is 2.10 bits per heavy atom. The van der Waals surface area contributed by atoms with Gasteiger partial charge in [-0.3, -0.25) is 19.3 Å². The van der Waals surface area contributed by atoms with Crippen molar-refractivity contribution in [2.75, 3.05) is 26.7 Å². The van der Waals surface area contributed by atoms with Gasteiger partial charge in [0.1, 0.15) is 6.04 Å². The van der Waals surface area contributed by atoms with E-state index < -0.39 is 6.04 Å². The number of amides is 3. The fourth-order valence-corrected chi connectivity index (χ4v) is 4.52. The van der Waals surface area contributed by atoms with Gasteiger partial charge in [0.25, 0.3) is 0 Å². The summed E-state index contributed by atoms with van der Waals surface area (Å²) in [4.78, 5) is 45.3. The van der Waals surface area contributed by atoms with Crippen LogP contribution in [0.25, 0.3) is 0 Å². The highest BCUT2D eigenvalue weighted by atomic mass is 16.5. The average Bonchev–Trinajstić information content (AvgIpc) is 3.49. The standard InChI is InChI=1S/C21H29N5O4/c1-13(27)24-16-8-17-12-25(10-15-4-3-7-22-20(15)30-2)18(21(29)26(17)11-16)9-23-19(28)14-5-6-14/h3-4,7,14,16-18H,5-6,8-12H2,1-2H3,(H,23,28)(H,24,27)/t16-,17-,18-/m0/s1. The molecule has 0 unspecified atom stereocenters. The summed E-state index contributed by atoms with van der Waals surface area (Å²) in [5, 5.41) is 5.91. The Balaban J connectivity index is 1.52. The van der Waals surface area contributed by atoms with Crippen LogP contribution in [0, 0.1) is 5.92 Å². The molecule has 0 aromatic carbocycles. The van der Waals surface area contributed by atoms with Crippen molar-refractivity contribution < 1.29 is 19.1 Å². The fourth-order valence-electron chi connectivity index (χ4n) is 4.52. The van der Waals surface area contributed by atoms with Crippen molar-refractivity contribution in [1.82, 2.24) is 25.4 Å². The van der Waals surface area contributed by atoms with E-state index in [4.69, 9.17) is 4.74 Å². The second-order valence-corrected chi connectivity index (χ2v) is 8.41. The number of nitrogens with zero attached hydrogens (tertiary/aromatic N) is 3. The molecule has 1 aliphatic carbocycles. The molecule has 1 aromatic rings. The van der Waals surface area contributed by atoms with Crippen LogP contribution in [0.15, 0.2) is 18.3 Å². The zero-order chi connectivity index (χ0) is 21.3. The molecule has 3 atom stereocenters. The van der Waals surface area contributed by atoms with Crippen molar-refractivity contribution in [2.45, 2.75) is 50.9 Å². The number of nitrogens with one attached hydrogen (secondary N) is 2. The molecule has 0 spiro atoms. The number of fused-ring (bicyclic) bond motifs is 1. The highest BCUT2D eigenvalue weighted by Crippen LogP contribution is 2.30. The van der Waals surface area contributed by atoms with E-state index in [0.717, 1.165) is 24.8 Å². The number of ether oxygens (including phenoxy) is 1. The largest absolute Gasteiger partial charge is 0.481 e. The number of piperazine rings is 1. The molecule has 3 aliphatic rings. The lowest BCUT2D eigenvalue weighted by atomic mass is 10.0. The summed E-state index contributed by atoms with van der Waals surface area (Å²) in [5.74, 6) is 0.576. The maximum absolute atomic E-state index is 13.4. The van der Waals surface area contributed by atoms with E-state index in [0.29, 0.717) is 25.5 Å². The molecule has 1 saturated carbocycles. The summed E-state index contributed by atoms with van der Waals surface area (Å²) in [6.45, 7) is 3.47. The summed E-state index contributed by atoms with van der Waals surface area (Å²) in [5.41, 5.74) is 0.899. The highest BCUT2D eigenvalue weighted by Gasteiger charge is 2.46. The van der Waals surface area contributed by atoms with Crippen LogP contribution < -0.4 is 15.4 Å². The van der Waals surface area contributed by atoms with Gasteiger partial charge in [-0.2, -0.15) is 0 Å². The van der Waals surface area contributed by atoms with Gasteiger partial charge in [0.15, 0.2) is 0 Å². The quantitative estimate of drug-likeness (QED) is 0.645. The monoisotopic (exact) mass is 415 g/mol. The molecule has 0 bridgehead atoms. The first-order valence-corrected chi connectivity index (χ1v) is 10.5. The summed E-state index contributed by atoms with van der Waals surface area (Å²) >= 11 is 0. The van der Waals surface area contributed by atoms with E-state index in [9.17, 15) is 14.4 Å². The number of aromatic nitrogens is 1. The number of pyridine rings is 1. The molecule has 162 valence electrons. The molecule has 30 heavy (non-hydrogen) atoms. The molecule has 2 aliphatic heterocycles. The van der Waals surface area contributed by atoms with E-state index in [1.165, 1.54) is 6.92 Å². The minimum Gasteiger partial charge on any atom is -0.481 e.